The van der Waals surface area contributed by atoms with E-state index in [-0.39, 0.29) is 5.84 Å². The fourth-order valence-corrected chi connectivity index (χ4v) is 2.72. The van der Waals surface area contributed by atoms with Gasteiger partial charge in [-0.15, -0.1) is 0 Å². The van der Waals surface area contributed by atoms with E-state index in [1.807, 2.05) is 18.2 Å². The summed E-state index contributed by atoms with van der Waals surface area (Å²) in [4.78, 5) is 8.17. The average molecular weight is 297 g/mol. The molecule has 0 saturated heterocycles. The number of aromatic nitrogens is 2. The summed E-state index contributed by atoms with van der Waals surface area (Å²) in [6, 6.07) is 5.65. The summed E-state index contributed by atoms with van der Waals surface area (Å²) in [5, 5.41) is 8.20. The molecule has 2 aromatic rings. The fourth-order valence-electron chi connectivity index (χ4n) is 1.20. The molecule has 4 nitrogen and oxygen atoms in total. The lowest BCUT2D eigenvalue weighted by Crippen LogP contribution is -2.11. The molecule has 0 aliphatic rings. The monoisotopic (exact) mass is 296 g/mol. The van der Waals surface area contributed by atoms with Crippen LogP contribution in [0.4, 0.5) is 0 Å². The second-order valence-corrected chi connectivity index (χ2v) is 4.97. The maximum absolute atomic E-state index is 7.37. The summed E-state index contributed by atoms with van der Waals surface area (Å²) in [6.07, 6.45) is 3.49. The minimum Gasteiger partial charge on any atom is -0.384 e. The third-order valence-electron chi connectivity index (χ3n) is 1.92. The predicted octanol–water partition coefficient (Wildman–Crippen LogP) is 2.61. The molecular weight excluding hydrogens is 288 g/mol. The van der Waals surface area contributed by atoms with Gasteiger partial charge in [0.15, 0.2) is 5.16 Å². The van der Waals surface area contributed by atoms with Crippen LogP contribution < -0.4 is 5.73 Å². The van der Waals surface area contributed by atoms with E-state index in [2.05, 4.69) is 25.9 Å². The zero-order valence-corrected chi connectivity index (χ0v) is 10.6. The third-order valence-corrected chi connectivity index (χ3v) is 3.48. The first-order valence-corrected chi connectivity index (χ1v) is 6.09. The number of halogens is 1. The lowest BCUT2D eigenvalue weighted by Gasteiger charge is -2.04. The topological polar surface area (TPSA) is 78.6 Å². The summed E-state index contributed by atoms with van der Waals surface area (Å²) in [7, 11) is 0. The summed E-state index contributed by atoms with van der Waals surface area (Å²) < 4.78 is 0.816. The van der Waals surface area contributed by atoms with E-state index >= 15 is 0 Å². The molecule has 1 heterocycles. The van der Waals surface area contributed by atoms with Gasteiger partial charge in [0.25, 0.3) is 0 Å². The number of hydrogen-bond donors (Lipinski definition) is 3. The number of nitrogens with one attached hydrogen (secondary N) is 2. The average Bonchev–Trinajstić information content (AvgIpc) is 2.70. The maximum Gasteiger partial charge on any atom is 0.170 e. The van der Waals surface area contributed by atoms with Crippen LogP contribution in [0, 0.1) is 5.41 Å². The lowest BCUT2D eigenvalue weighted by atomic mass is 10.2. The van der Waals surface area contributed by atoms with Crippen molar-refractivity contribution in [2.24, 2.45) is 5.73 Å². The standard InChI is InChI=1S/C10H9BrN4S/c11-8-5-6(1-2-7(8)9(12)13)16-10-14-3-4-15-10/h1-5H,(H3,12,13)(H,14,15). The van der Waals surface area contributed by atoms with Crippen LogP contribution in [0.3, 0.4) is 0 Å². The number of H-pyrrole nitrogens is 1. The minimum atomic E-state index is 0.0569. The Balaban J connectivity index is 2.24. The van der Waals surface area contributed by atoms with E-state index in [0.717, 1.165) is 14.5 Å². The molecular formula is C10H9BrN4S. The summed E-state index contributed by atoms with van der Waals surface area (Å²) in [6.45, 7) is 0. The van der Waals surface area contributed by atoms with E-state index in [0.29, 0.717) is 5.56 Å². The Labute approximate surface area is 105 Å². The van der Waals surface area contributed by atoms with Crippen LogP contribution in [0.15, 0.2) is 45.1 Å². The van der Waals surface area contributed by atoms with Gasteiger partial charge in [0, 0.05) is 27.3 Å². The van der Waals surface area contributed by atoms with Crippen LogP contribution in [0.1, 0.15) is 5.56 Å². The highest BCUT2D eigenvalue weighted by atomic mass is 79.9. The molecule has 2 rings (SSSR count). The molecule has 0 spiro atoms. The van der Waals surface area contributed by atoms with Crippen LogP contribution in [-0.4, -0.2) is 15.8 Å². The first-order chi connectivity index (χ1) is 7.66. The zero-order chi connectivity index (χ0) is 11.5. The van der Waals surface area contributed by atoms with Crippen LogP contribution in [0.25, 0.3) is 0 Å². The molecule has 6 heteroatoms. The Morgan fingerprint density at radius 1 is 1.50 bits per heavy atom. The molecule has 0 atom stereocenters. The molecule has 0 bridgehead atoms. The Hall–Kier alpha value is -1.27. The molecule has 1 aromatic carbocycles. The van der Waals surface area contributed by atoms with E-state index in [1.54, 1.807) is 12.4 Å². The predicted molar refractivity (Wildman–Crippen MR) is 67.9 cm³/mol. The van der Waals surface area contributed by atoms with Crippen LogP contribution in [0.5, 0.6) is 0 Å². The van der Waals surface area contributed by atoms with Crippen molar-refractivity contribution in [1.29, 1.82) is 5.41 Å². The van der Waals surface area contributed by atoms with E-state index in [1.165, 1.54) is 11.8 Å². The van der Waals surface area contributed by atoms with Crippen molar-refractivity contribution in [1.82, 2.24) is 9.97 Å². The molecule has 0 aliphatic carbocycles. The van der Waals surface area contributed by atoms with Gasteiger partial charge in [-0.1, -0.05) is 11.8 Å². The summed E-state index contributed by atoms with van der Waals surface area (Å²) >= 11 is 4.91. The largest absolute Gasteiger partial charge is 0.384 e. The van der Waals surface area contributed by atoms with Crippen LogP contribution in [0.2, 0.25) is 0 Å². The van der Waals surface area contributed by atoms with Gasteiger partial charge in [-0.3, -0.25) is 5.41 Å². The van der Waals surface area contributed by atoms with Crippen molar-refractivity contribution in [3.8, 4) is 0 Å². The molecule has 0 unspecified atom stereocenters. The van der Waals surface area contributed by atoms with E-state index in [9.17, 15) is 0 Å². The molecule has 0 aliphatic heterocycles. The van der Waals surface area contributed by atoms with Gasteiger partial charge in [-0.05, 0) is 34.1 Å². The molecule has 0 fully saturated rings. The summed E-state index contributed by atoms with van der Waals surface area (Å²) in [5.74, 6) is 0.0569. The summed E-state index contributed by atoms with van der Waals surface area (Å²) in [5.41, 5.74) is 6.13. The van der Waals surface area contributed by atoms with Gasteiger partial charge in [-0.2, -0.15) is 0 Å². The third kappa shape index (κ3) is 2.45. The maximum atomic E-state index is 7.37. The number of imidazole rings is 1. The Kier molecular flexibility index (Phi) is 3.31. The Morgan fingerprint density at radius 3 is 2.88 bits per heavy atom. The van der Waals surface area contributed by atoms with Gasteiger partial charge >= 0.3 is 0 Å². The van der Waals surface area contributed by atoms with Crippen LogP contribution >= 0.6 is 27.7 Å². The number of amidine groups is 1. The van der Waals surface area contributed by atoms with Gasteiger partial charge in [-0.25, -0.2) is 4.98 Å². The molecule has 82 valence electrons. The Morgan fingerprint density at radius 2 is 2.31 bits per heavy atom. The molecule has 4 N–H and O–H groups in total. The van der Waals surface area contributed by atoms with Crippen molar-refractivity contribution in [2.75, 3.05) is 0 Å². The SMILES string of the molecule is N=C(N)c1ccc(Sc2ncc[nH]2)cc1Br. The number of aromatic amines is 1. The molecule has 0 amide bonds. The van der Waals surface area contributed by atoms with Gasteiger partial charge in [0.05, 0.1) is 0 Å². The van der Waals surface area contributed by atoms with Crippen molar-refractivity contribution in [2.45, 2.75) is 10.1 Å². The minimum absolute atomic E-state index is 0.0569. The van der Waals surface area contributed by atoms with E-state index < -0.39 is 0 Å². The van der Waals surface area contributed by atoms with Gasteiger partial charge in [0.2, 0.25) is 0 Å². The Bertz CT molecular complexity index is 510. The smallest absolute Gasteiger partial charge is 0.170 e. The number of benzene rings is 1. The lowest BCUT2D eigenvalue weighted by molar-refractivity contribution is 1.06. The van der Waals surface area contributed by atoms with Gasteiger partial charge in [0.1, 0.15) is 5.84 Å². The van der Waals surface area contributed by atoms with Crippen LogP contribution in [-0.2, 0) is 0 Å². The highest BCUT2D eigenvalue weighted by Crippen LogP contribution is 2.28. The molecule has 0 saturated carbocycles. The fraction of sp³-hybridized carbons (Fsp3) is 0. The number of nitrogens with zero attached hydrogens (tertiary/aromatic N) is 1. The van der Waals surface area contributed by atoms with Crippen molar-refractivity contribution in [3.05, 3.63) is 40.6 Å². The van der Waals surface area contributed by atoms with Gasteiger partial charge < -0.3 is 10.7 Å². The molecule has 0 radical (unpaired) electrons. The van der Waals surface area contributed by atoms with Crippen molar-refractivity contribution < 1.29 is 0 Å². The number of nitrogens with two attached hydrogens (primary N) is 1. The first-order valence-electron chi connectivity index (χ1n) is 4.48. The van der Waals surface area contributed by atoms with Crippen molar-refractivity contribution in [3.63, 3.8) is 0 Å². The second-order valence-electron chi connectivity index (χ2n) is 3.05. The molecule has 16 heavy (non-hydrogen) atoms. The first kappa shape index (κ1) is 11.2. The highest BCUT2D eigenvalue weighted by Gasteiger charge is 2.05. The normalized spacial score (nSPS) is 10.3. The number of hydrogen-bond acceptors (Lipinski definition) is 3. The number of rotatable bonds is 3. The van der Waals surface area contributed by atoms with Crippen molar-refractivity contribution >= 4 is 33.5 Å². The second kappa shape index (κ2) is 4.71. The number of nitrogen functional groups attached to an aromatic ring is 1. The quantitative estimate of drug-likeness (QED) is 0.602. The highest BCUT2D eigenvalue weighted by molar-refractivity contribution is 9.10. The van der Waals surface area contributed by atoms with E-state index in [4.69, 9.17) is 11.1 Å². The zero-order valence-electron chi connectivity index (χ0n) is 8.20. The molecule has 1 aromatic heterocycles.